The van der Waals surface area contributed by atoms with Crippen LogP contribution in [0.5, 0.6) is 0 Å². The van der Waals surface area contributed by atoms with Gasteiger partial charge in [0.05, 0.1) is 0 Å². The number of hydrogen-bond acceptors (Lipinski definition) is 6. The van der Waals surface area contributed by atoms with Crippen LogP contribution in [0, 0.1) is 0 Å². The minimum Gasteiger partial charge on any atom is -0.353 e. The minimum atomic E-state index is 0.221. The third kappa shape index (κ3) is 5.65. The van der Waals surface area contributed by atoms with Gasteiger partial charge in [-0.15, -0.1) is 6.58 Å². The Kier molecular flexibility index (Phi) is 7.59. The van der Waals surface area contributed by atoms with Crippen molar-refractivity contribution in [2.75, 3.05) is 41.4 Å². The number of rotatable bonds is 9. The maximum atomic E-state index is 5.92. The van der Waals surface area contributed by atoms with Gasteiger partial charge in [-0.2, -0.15) is 26.7 Å². The Labute approximate surface area is 123 Å². The van der Waals surface area contributed by atoms with Gasteiger partial charge < -0.3 is 10.2 Å². The van der Waals surface area contributed by atoms with E-state index in [1.807, 2.05) is 11.0 Å². The first-order chi connectivity index (χ1) is 9.21. The van der Waals surface area contributed by atoms with E-state index < -0.39 is 0 Å². The lowest BCUT2D eigenvalue weighted by atomic mass is 10.5. The van der Waals surface area contributed by atoms with Crippen LogP contribution < -0.4 is 10.2 Å². The molecule has 0 saturated carbocycles. The van der Waals surface area contributed by atoms with Gasteiger partial charge in [0.1, 0.15) is 0 Å². The van der Waals surface area contributed by atoms with Crippen molar-refractivity contribution in [2.45, 2.75) is 13.8 Å². The highest BCUT2D eigenvalue weighted by Gasteiger charge is 2.09. The van der Waals surface area contributed by atoms with E-state index in [0.717, 1.165) is 31.1 Å². The number of hydrogen-bond donors (Lipinski definition) is 1. The lowest BCUT2D eigenvalue weighted by Crippen LogP contribution is -2.25. The van der Waals surface area contributed by atoms with Crippen molar-refractivity contribution in [3.05, 3.63) is 17.9 Å². The zero-order valence-corrected chi connectivity index (χ0v) is 13.0. The summed E-state index contributed by atoms with van der Waals surface area (Å²) in [6.45, 7) is 10.3. The average Bonchev–Trinajstić information content (AvgIpc) is 2.39. The Balaban J connectivity index is 2.60. The Bertz CT molecular complexity index is 398. The molecule has 1 N–H and O–H groups in total. The summed E-state index contributed by atoms with van der Waals surface area (Å²) in [6.07, 6.45) is 1.89. The summed E-state index contributed by atoms with van der Waals surface area (Å²) in [6, 6.07) is 0. The average molecular weight is 302 g/mol. The third-order valence-corrected chi connectivity index (χ3v) is 3.54. The van der Waals surface area contributed by atoms with Gasteiger partial charge in [0.2, 0.25) is 17.2 Å². The van der Waals surface area contributed by atoms with Gasteiger partial charge in [-0.05, 0) is 25.4 Å². The summed E-state index contributed by atoms with van der Waals surface area (Å²) in [5, 5.41) is 3.38. The van der Waals surface area contributed by atoms with Crippen molar-refractivity contribution in [2.24, 2.45) is 0 Å². The summed E-state index contributed by atoms with van der Waals surface area (Å²) in [4.78, 5) is 14.6. The molecule has 0 radical (unpaired) electrons. The summed E-state index contributed by atoms with van der Waals surface area (Å²) < 4.78 is 0. The van der Waals surface area contributed by atoms with Crippen LogP contribution >= 0.6 is 23.4 Å². The van der Waals surface area contributed by atoms with Crippen molar-refractivity contribution in [3.63, 3.8) is 0 Å². The van der Waals surface area contributed by atoms with E-state index in [2.05, 4.69) is 40.7 Å². The lowest BCUT2D eigenvalue weighted by molar-refractivity contribution is 0.812. The normalized spacial score (nSPS) is 10.3. The molecule has 1 heterocycles. The molecule has 0 bridgehead atoms. The van der Waals surface area contributed by atoms with Crippen LogP contribution in [0.2, 0.25) is 5.28 Å². The molecule has 0 amide bonds. The second kappa shape index (κ2) is 8.98. The standard InChI is InChI=1S/C12H20ClN5S/c1-4-8-19-9-7-14-11-15-10(13)16-12(17-11)18(5-2)6-3/h4H,1,5-9H2,2-3H3,(H,14,15,16,17). The Hall–Kier alpha value is -1.01. The molecule has 0 aliphatic carbocycles. The highest BCUT2D eigenvalue weighted by Crippen LogP contribution is 2.13. The molecule has 0 aliphatic rings. The van der Waals surface area contributed by atoms with Crippen LogP contribution in [0.1, 0.15) is 13.8 Å². The fraction of sp³-hybridized carbons (Fsp3) is 0.583. The topological polar surface area (TPSA) is 53.9 Å². The summed E-state index contributed by atoms with van der Waals surface area (Å²) >= 11 is 7.72. The lowest BCUT2D eigenvalue weighted by Gasteiger charge is -2.18. The molecule has 0 atom stereocenters. The van der Waals surface area contributed by atoms with E-state index in [0.29, 0.717) is 11.9 Å². The van der Waals surface area contributed by atoms with Crippen LogP contribution in [-0.2, 0) is 0 Å². The van der Waals surface area contributed by atoms with E-state index >= 15 is 0 Å². The van der Waals surface area contributed by atoms with Gasteiger partial charge in [-0.1, -0.05) is 6.08 Å². The van der Waals surface area contributed by atoms with Gasteiger partial charge in [-0.3, -0.25) is 0 Å². The molecule has 0 unspecified atom stereocenters. The second-order valence-electron chi connectivity index (χ2n) is 3.69. The van der Waals surface area contributed by atoms with Crippen molar-refractivity contribution in [1.82, 2.24) is 15.0 Å². The van der Waals surface area contributed by atoms with Gasteiger partial charge in [0.25, 0.3) is 0 Å². The molecule has 1 aromatic heterocycles. The molecule has 0 aromatic carbocycles. The maximum Gasteiger partial charge on any atom is 0.231 e. The molecule has 0 fully saturated rings. The van der Waals surface area contributed by atoms with Crippen LogP contribution in [-0.4, -0.2) is 46.1 Å². The number of nitrogens with zero attached hydrogens (tertiary/aromatic N) is 4. The van der Waals surface area contributed by atoms with Gasteiger partial charge in [-0.25, -0.2) is 0 Å². The van der Waals surface area contributed by atoms with E-state index in [4.69, 9.17) is 11.6 Å². The Morgan fingerprint density at radius 3 is 2.68 bits per heavy atom. The number of aromatic nitrogens is 3. The van der Waals surface area contributed by atoms with Crippen LogP contribution in [0.15, 0.2) is 12.7 Å². The summed E-state index contributed by atoms with van der Waals surface area (Å²) in [5.74, 6) is 3.06. The number of thioether (sulfide) groups is 1. The first-order valence-corrected chi connectivity index (χ1v) is 7.83. The van der Waals surface area contributed by atoms with E-state index in [1.165, 1.54) is 0 Å². The van der Waals surface area contributed by atoms with Crippen molar-refractivity contribution in [1.29, 1.82) is 0 Å². The second-order valence-corrected chi connectivity index (χ2v) is 5.18. The van der Waals surface area contributed by atoms with E-state index in [9.17, 15) is 0 Å². The number of halogens is 1. The van der Waals surface area contributed by atoms with Crippen LogP contribution in [0.4, 0.5) is 11.9 Å². The Morgan fingerprint density at radius 2 is 2.05 bits per heavy atom. The van der Waals surface area contributed by atoms with Crippen LogP contribution in [0.25, 0.3) is 0 Å². The fourth-order valence-electron chi connectivity index (χ4n) is 1.47. The van der Waals surface area contributed by atoms with E-state index in [1.54, 1.807) is 11.8 Å². The molecule has 7 heteroatoms. The quantitative estimate of drug-likeness (QED) is 0.559. The molecule has 5 nitrogen and oxygen atoms in total. The number of anilines is 2. The van der Waals surface area contributed by atoms with Crippen molar-refractivity contribution >= 4 is 35.3 Å². The van der Waals surface area contributed by atoms with Crippen LogP contribution in [0.3, 0.4) is 0 Å². The third-order valence-electron chi connectivity index (χ3n) is 2.41. The summed E-state index contributed by atoms with van der Waals surface area (Å²) in [7, 11) is 0. The smallest absolute Gasteiger partial charge is 0.231 e. The highest BCUT2D eigenvalue weighted by molar-refractivity contribution is 7.99. The van der Waals surface area contributed by atoms with Crippen molar-refractivity contribution < 1.29 is 0 Å². The molecule has 0 spiro atoms. The SMILES string of the molecule is C=CCSCCNc1nc(Cl)nc(N(CC)CC)n1. The maximum absolute atomic E-state index is 5.92. The zero-order valence-electron chi connectivity index (χ0n) is 11.4. The predicted octanol–water partition coefficient (Wildman–Crippen LogP) is 2.70. The highest BCUT2D eigenvalue weighted by atomic mass is 35.5. The van der Waals surface area contributed by atoms with Crippen molar-refractivity contribution in [3.8, 4) is 0 Å². The minimum absolute atomic E-state index is 0.221. The zero-order chi connectivity index (χ0) is 14.1. The molecule has 0 aliphatic heterocycles. The number of nitrogens with one attached hydrogen (secondary N) is 1. The van der Waals surface area contributed by atoms with Gasteiger partial charge in [0.15, 0.2) is 0 Å². The molecular weight excluding hydrogens is 282 g/mol. The molecule has 106 valence electrons. The first-order valence-electron chi connectivity index (χ1n) is 6.30. The molecule has 0 saturated heterocycles. The molecule has 19 heavy (non-hydrogen) atoms. The van der Waals surface area contributed by atoms with Gasteiger partial charge in [0, 0.05) is 31.1 Å². The first kappa shape index (κ1) is 16.0. The molecule has 1 aromatic rings. The predicted molar refractivity (Wildman–Crippen MR) is 84.4 cm³/mol. The Morgan fingerprint density at radius 1 is 1.32 bits per heavy atom. The monoisotopic (exact) mass is 301 g/mol. The molecular formula is C12H20ClN5S. The summed E-state index contributed by atoms with van der Waals surface area (Å²) in [5.41, 5.74) is 0. The van der Waals surface area contributed by atoms with Gasteiger partial charge >= 0.3 is 0 Å². The largest absolute Gasteiger partial charge is 0.353 e. The molecule has 1 rings (SSSR count). The van der Waals surface area contributed by atoms with E-state index in [-0.39, 0.29) is 5.28 Å². The fourth-order valence-corrected chi connectivity index (χ4v) is 2.20.